The van der Waals surface area contributed by atoms with Crippen molar-refractivity contribution in [3.63, 3.8) is 0 Å². The van der Waals surface area contributed by atoms with E-state index in [1.807, 2.05) is 13.8 Å². The lowest BCUT2D eigenvalue weighted by molar-refractivity contribution is -0.149. The van der Waals surface area contributed by atoms with E-state index in [1.54, 1.807) is 24.3 Å². The zero-order valence-corrected chi connectivity index (χ0v) is 18.4. The highest BCUT2D eigenvalue weighted by Gasteiger charge is 2.43. The summed E-state index contributed by atoms with van der Waals surface area (Å²) >= 11 is 7.22. The lowest BCUT2D eigenvalue weighted by Crippen LogP contribution is -2.44. The molecular formula is C22H21ClF3NO3S. The number of alkyl halides is 3. The number of halogens is 4. The summed E-state index contributed by atoms with van der Waals surface area (Å²) in [4.78, 5) is 27.4. The number of esters is 1. The summed E-state index contributed by atoms with van der Waals surface area (Å²) in [5.74, 6) is -0.540. The van der Waals surface area contributed by atoms with E-state index in [0.717, 1.165) is 12.1 Å². The molecule has 31 heavy (non-hydrogen) atoms. The highest BCUT2D eigenvalue weighted by molar-refractivity contribution is 7.99. The van der Waals surface area contributed by atoms with Crippen LogP contribution in [0.1, 0.15) is 40.7 Å². The quantitative estimate of drug-likeness (QED) is 0.516. The predicted molar refractivity (Wildman–Crippen MR) is 114 cm³/mol. The van der Waals surface area contributed by atoms with Gasteiger partial charge in [0.15, 0.2) is 0 Å². The maximum atomic E-state index is 13.3. The number of hydrogen-bond acceptors (Lipinski definition) is 4. The average molecular weight is 472 g/mol. The van der Waals surface area contributed by atoms with Crippen LogP contribution >= 0.6 is 23.4 Å². The third-order valence-electron chi connectivity index (χ3n) is 4.68. The third kappa shape index (κ3) is 5.54. The Kier molecular flexibility index (Phi) is 7.21. The summed E-state index contributed by atoms with van der Waals surface area (Å²) in [6.07, 6.45) is -4.46. The van der Waals surface area contributed by atoms with Crippen molar-refractivity contribution in [3.8, 4) is 0 Å². The molecule has 1 aliphatic rings. The molecule has 0 saturated carbocycles. The molecule has 2 atom stereocenters. The molecular weight excluding hydrogens is 451 g/mol. The Labute approximate surface area is 187 Å². The van der Waals surface area contributed by atoms with Gasteiger partial charge < -0.3 is 9.64 Å². The first-order valence-electron chi connectivity index (χ1n) is 9.61. The first-order valence-corrected chi connectivity index (χ1v) is 11.0. The zero-order chi connectivity index (χ0) is 22.8. The maximum absolute atomic E-state index is 13.3. The molecule has 2 aromatic rings. The van der Waals surface area contributed by atoms with E-state index in [9.17, 15) is 22.8 Å². The van der Waals surface area contributed by atoms with Crippen molar-refractivity contribution >= 4 is 35.2 Å². The van der Waals surface area contributed by atoms with Crippen molar-refractivity contribution in [2.75, 3.05) is 12.4 Å². The van der Waals surface area contributed by atoms with Gasteiger partial charge in [-0.05, 0) is 47.9 Å². The van der Waals surface area contributed by atoms with Crippen LogP contribution in [0.15, 0.2) is 48.5 Å². The molecule has 4 nitrogen and oxygen atoms in total. The topological polar surface area (TPSA) is 46.6 Å². The number of carbonyl (C=O) groups excluding carboxylic acids is 2. The van der Waals surface area contributed by atoms with Crippen LogP contribution in [0.3, 0.4) is 0 Å². The number of hydrogen-bond donors (Lipinski definition) is 0. The molecule has 9 heteroatoms. The van der Waals surface area contributed by atoms with Crippen molar-refractivity contribution in [3.05, 3.63) is 70.2 Å². The summed E-state index contributed by atoms with van der Waals surface area (Å²) < 4.78 is 44.2. The number of nitrogens with zero attached hydrogens (tertiary/aromatic N) is 1. The molecule has 0 spiro atoms. The van der Waals surface area contributed by atoms with Gasteiger partial charge in [0.05, 0.1) is 12.2 Å². The van der Waals surface area contributed by atoms with Crippen LogP contribution in [-0.4, -0.2) is 35.2 Å². The number of rotatable bonds is 5. The van der Waals surface area contributed by atoms with Gasteiger partial charge in [-0.1, -0.05) is 37.6 Å². The fraction of sp³-hybridized carbons (Fsp3) is 0.364. The van der Waals surface area contributed by atoms with Gasteiger partial charge in [0.2, 0.25) is 0 Å². The monoisotopic (exact) mass is 471 g/mol. The molecule has 1 saturated heterocycles. The number of thioether (sulfide) groups is 1. The van der Waals surface area contributed by atoms with E-state index in [1.165, 1.54) is 28.8 Å². The molecule has 0 aliphatic carbocycles. The first-order chi connectivity index (χ1) is 14.6. The second kappa shape index (κ2) is 9.53. The Morgan fingerprint density at radius 3 is 2.29 bits per heavy atom. The second-order valence-corrected chi connectivity index (χ2v) is 9.11. The Hall–Kier alpha value is -2.19. The van der Waals surface area contributed by atoms with Crippen molar-refractivity contribution in [1.82, 2.24) is 4.90 Å². The molecule has 0 aromatic heterocycles. The first kappa shape index (κ1) is 23.5. The smallest absolute Gasteiger partial charge is 0.416 e. The Balaban J connectivity index is 1.92. The van der Waals surface area contributed by atoms with Gasteiger partial charge in [0.1, 0.15) is 11.4 Å². The van der Waals surface area contributed by atoms with E-state index in [2.05, 4.69) is 0 Å². The van der Waals surface area contributed by atoms with Gasteiger partial charge in [0.25, 0.3) is 5.91 Å². The van der Waals surface area contributed by atoms with Crippen molar-refractivity contribution in [2.45, 2.75) is 31.4 Å². The van der Waals surface area contributed by atoms with Crippen LogP contribution in [0.25, 0.3) is 0 Å². The Bertz CT molecular complexity index is 933. The normalized spacial score (nSPS) is 19.0. The molecule has 166 valence electrons. The largest absolute Gasteiger partial charge is 0.464 e. The summed E-state index contributed by atoms with van der Waals surface area (Å²) in [7, 11) is 0. The molecule has 2 unspecified atom stereocenters. The highest BCUT2D eigenvalue weighted by atomic mass is 35.5. The van der Waals surface area contributed by atoms with E-state index in [-0.39, 0.29) is 18.3 Å². The Morgan fingerprint density at radius 2 is 1.74 bits per heavy atom. The maximum Gasteiger partial charge on any atom is 0.416 e. The molecule has 3 rings (SSSR count). The van der Waals surface area contributed by atoms with Gasteiger partial charge in [-0.15, -0.1) is 11.8 Å². The highest BCUT2D eigenvalue weighted by Crippen LogP contribution is 2.43. The fourth-order valence-electron chi connectivity index (χ4n) is 3.12. The number of benzene rings is 2. The Morgan fingerprint density at radius 1 is 1.13 bits per heavy atom. The fourth-order valence-corrected chi connectivity index (χ4v) is 4.66. The summed E-state index contributed by atoms with van der Waals surface area (Å²) in [6, 6.07) is 10.0. The van der Waals surface area contributed by atoms with Crippen LogP contribution < -0.4 is 0 Å². The SMILES string of the molecule is CC(C)COC(=O)C1CSC(c2ccc(C(F)(F)F)cc2)N1C(=O)c1ccc(Cl)cc1. The molecule has 1 amide bonds. The van der Waals surface area contributed by atoms with Crippen molar-refractivity contribution < 1.29 is 27.5 Å². The van der Waals surface area contributed by atoms with Crippen LogP contribution in [0.5, 0.6) is 0 Å². The zero-order valence-electron chi connectivity index (χ0n) is 16.9. The lowest BCUT2D eigenvalue weighted by atomic mass is 10.1. The molecule has 0 N–H and O–H groups in total. The number of amides is 1. The number of ether oxygens (including phenoxy) is 1. The van der Waals surface area contributed by atoms with Crippen LogP contribution in [0.4, 0.5) is 13.2 Å². The van der Waals surface area contributed by atoms with E-state index in [4.69, 9.17) is 16.3 Å². The second-order valence-electron chi connectivity index (χ2n) is 7.56. The third-order valence-corrected chi connectivity index (χ3v) is 6.26. The van der Waals surface area contributed by atoms with Crippen molar-refractivity contribution in [2.24, 2.45) is 5.92 Å². The molecule has 1 aliphatic heterocycles. The minimum absolute atomic E-state index is 0.129. The minimum Gasteiger partial charge on any atom is -0.464 e. The predicted octanol–water partition coefficient (Wildman–Crippen LogP) is 5.81. The van der Waals surface area contributed by atoms with Crippen LogP contribution in [0.2, 0.25) is 5.02 Å². The molecule has 0 radical (unpaired) electrons. The summed E-state index contributed by atoms with van der Waals surface area (Å²) in [5, 5.41) is -0.165. The van der Waals surface area contributed by atoms with Gasteiger partial charge in [-0.2, -0.15) is 13.2 Å². The van der Waals surface area contributed by atoms with E-state index in [0.29, 0.717) is 16.1 Å². The van der Waals surface area contributed by atoms with Gasteiger partial charge in [-0.25, -0.2) is 4.79 Å². The standard InChI is InChI=1S/C22H21ClF3NO3S/c1-13(2)11-30-21(29)18-12-31-20(15-3-7-16(8-4-15)22(24,25)26)27(18)19(28)14-5-9-17(23)10-6-14/h3-10,13,18,20H,11-12H2,1-2H3. The van der Waals surface area contributed by atoms with Gasteiger partial charge in [-0.3, -0.25) is 4.79 Å². The average Bonchev–Trinajstić information content (AvgIpc) is 3.16. The summed E-state index contributed by atoms with van der Waals surface area (Å²) in [6.45, 7) is 4.02. The van der Waals surface area contributed by atoms with Crippen molar-refractivity contribution in [1.29, 1.82) is 0 Å². The van der Waals surface area contributed by atoms with E-state index >= 15 is 0 Å². The molecule has 2 aromatic carbocycles. The summed E-state index contributed by atoms with van der Waals surface area (Å²) in [5.41, 5.74) is 0.0488. The minimum atomic E-state index is -4.46. The molecule has 0 bridgehead atoms. The van der Waals surface area contributed by atoms with Gasteiger partial charge >= 0.3 is 12.1 Å². The van der Waals surface area contributed by atoms with Crippen LogP contribution in [0, 0.1) is 5.92 Å². The number of carbonyl (C=O) groups is 2. The van der Waals surface area contributed by atoms with Gasteiger partial charge in [0, 0.05) is 16.3 Å². The molecule has 1 heterocycles. The molecule has 1 fully saturated rings. The van der Waals surface area contributed by atoms with E-state index < -0.39 is 35.0 Å². The van der Waals surface area contributed by atoms with Crippen LogP contribution in [-0.2, 0) is 15.7 Å². The lowest BCUT2D eigenvalue weighted by Gasteiger charge is -2.29.